The third-order valence-corrected chi connectivity index (χ3v) is 7.72. The van der Waals surface area contributed by atoms with Gasteiger partial charge in [0.1, 0.15) is 17.8 Å². The highest BCUT2D eigenvalue weighted by atomic mass is 19.1. The molecular formula is C31H39FN2O7. The van der Waals surface area contributed by atoms with Gasteiger partial charge < -0.3 is 23.8 Å². The first-order valence-electron chi connectivity index (χ1n) is 14.0. The molecular weight excluding hydrogens is 531 g/mol. The number of benzene rings is 2. The van der Waals surface area contributed by atoms with Gasteiger partial charge in [-0.3, -0.25) is 4.90 Å². The number of anilines is 1. The predicted molar refractivity (Wildman–Crippen MR) is 150 cm³/mol. The molecule has 2 fully saturated rings. The minimum Gasteiger partial charge on any atom is -0.458 e. The molecule has 1 saturated heterocycles. The second-order valence-corrected chi connectivity index (χ2v) is 11.0. The lowest BCUT2D eigenvalue weighted by molar-refractivity contribution is -0.173. The number of halogens is 1. The summed E-state index contributed by atoms with van der Waals surface area (Å²) < 4.78 is 36.9. The van der Waals surface area contributed by atoms with E-state index in [0.29, 0.717) is 13.2 Å². The fourth-order valence-electron chi connectivity index (χ4n) is 5.28. The molecule has 2 aliphatic rings. The van der Waals surface area contributed by atoms with Crippen LogP contribution < -0.4 is 4.90 Å². The molecule has 1 saturated carbocycles. The number of hydrogen-bond donors (Lipinski definition) is 0. The molecule has 3 atom stereocenters. The molecule has 9 nitrogen and oxygen atoms in total. The Balaban J connectivity index is 1.54. The number of rotatable bonds is 11. The number of alkyl halides is 1. The minimum absolute atomic E-state index is 0.00228. The van der Waals surface area contributed by atoms with Crippen molar-refractivity contribution in [2.75, 3.05) is 44.9 Å². The van der Waals surface area contributed by atoms with Crippen molar-refractivity contribution in [3.63, 3.8) is 0 Å². The first-order chi connectivity index (χ1) is 19.6. The summed E-state index contributed by atoms with van der Waals surface area (Å²) in [7, 11) is 1.39. The van der Waals surface area contributed by atoms with Crippen LogP contribution in [0.2, 0.25) is 0 Å². The lowest BCUT2D eigenvalue weighted by Gasteiger charge is -2.30. The van der Waals surface area contributed by atoms with E-state index in [4.69, 9.17) is 18.9 Å². The smallest absolute Gasteiger partial charge is 0.410 e. The van der Waals surface area contributed by atoms with Crippen LogP contribution in [0.4, 0.5) is 14.9 Å². The van der Waals surface area contributed by atoms with Gasteiger partial charge in [0.05, 0.1) is 19.8 Å². The molecule has 4 rings (SSSR count). The van der Waals surface area contributed by atoms with Crippen molar-refractivity contribution in [2.45, 2.75) is 57.5 Å². The van der Waals surface area contributed by atoms with Gasteiger partial charge in [-0.25, -0.2) is 18.8 Å². The quantitative estimate of drug-likeness (QED) is 0.291. The Morgan fingerprint density at radius 3 is 2.29 bits per heavy atom. The average Bonchev–Trinajstić information content (AvgIpc) is 3.75. The number of hydrogen-bond acceptors (Lipinski definition) is 8. The van der Waals surface area contributed by atoms with Crippen LogP contribution in [0, 0.1) is 5.92 Å². The number of carbonyl (C=O) groups excluding carboxylic acids is 3. The van der Waals surface area contributed by atoms with E-state index in [1.165, 1.54) is 20.9 Å². The van der Waals surface area contributed by atoms with Gasteiger partial charge in [-0.2, -0.15) is 0 Å². The summed E-state index contributed by atoms with van der Waals surface area (Å²) in [5, 5.41) is 0. The summed E-state index contributed by atoms with van der Waals surface area (Å²) in [5.41, 5.74) is -0.817. The van der Waals surface area contributed by atoms with Crippen LogP contribution in [0.15, 0.2) is 54.6 Å². The Morgan fingerprint density at radius 2 is 1.71 bits per heavy atom. The highest BCUT2D eigenvalue weighted by molar-refractivity contribution is 5.91. The van der Waals surface area contributed by atoms with Crippen LogP contribution >= 0.6 is 0 Å². The van der Waals surface area contributed by atoms with E-state index >= 15 is 4.39 Å². The van der Waals surface area contributed by atoms with Crippen molar-refractivity contribution in [2.24, 2.45) is 5.92 Å². The first kappa shape index (κ1) is 30.3. The maximum atomic E-state index is 15.1. The molecule has 0 bridgehead atoms. The fraction of sp³-hybridized carbons (Fsp3) is 0.516. The lowest BCUT2D eigenvalue weighted by Crippen LogP contribution is -2.51. The molecule has 2 unspecified atom stereocenters. The van der Waals surface area contributed by atoms with E-state index in [1.807, 2.05) is 54.6 Å². The van der Waals surface area contributed by atoms with Crippen LogP contribution in [0.5, 0.6) is 0 Å². The molecule has 0 aromatic heterocycles. The maximum Gasteiger partial charge on any atom is 0.410 e. The van der Waals surface area contributed by atoms with Crippen molar-refractivity contribution in [3.8, 4) is 0 Å². The molecule has 1 amide bonds. The summed E-state index contributed by atoms with van der Waals surface area (Å²) in [6, 6.07) is 16.8. The van der Waals surface area contributed by atoms with Crippen LogP contribution in [0.25, 0.3) is 0 Å². The standard InChI is InChI=1S/C31H39FN2O7/c1-5-39-29(37)33(4)31(20-26(31)30(2,3)32)28(36)41-25(27(35)40-21-23-9-7-6-8-10-23)19-22-11-13-24(14-12-22)34-15-17-38-18-16-34/h6-14,25-26H,5,15-21H2,1-4H3/t25-,26?,31?/m1/s1. The Hall–Kier alpha value is -3.66. The predicted octanol–water partition coefficient (Wildman–Crippen LogP) is 4.32. The molecule has 1 heterocycles. The van der Waals surface area contributed by atoms with E-state index in [9.17, 15) is 14.4 Å². The van der Waals surface area contributed by atoms with Crippen LogP contribution in [0.3, 0.4) is 0 Å². The number of ether oxygens (including phenoxy) is 4. The van der Waals surface area contributed by atoms with Crippen molar-refractivity contribution in [1.82, 2.24) is 4.90 Å². The number of morpholine rings is 1. The van der Waals surface area contributed by atoms with Crippen LogP contribution in [0.1, 0.15) is 38.3 Å². The van der Waals surface area contributed by atoms with Gasteiger partial charge in [0.15, 0.2) is 0 Å². The summed E-state index contributed by atoms with van der Waals surface area (Å²) in [4.78, 5) is 42.9. The second kappa shape index (κ2) is 12.9. The third kappa shape index (κ3) is 7.16. The van der Waals surface area contributed by atoms with Gasteiger partial charge in [0, 0.05) is 38.2 Å². The third-order valence-electron chi connectivity index (χ3n) is 7.72. The fourth-order valence-corrected chi connectivity index (χ4v) is 5.28. The highest BCUT2D eigenvalue weighted by Gasteiger charge is 2.71. The largest absolute Gasteiger partial charge is 0.458 e. The Kier molecular flexibility index (Phi) is 9.53. The van der Waals surface area contributed by atoms with Gasteiger partial charge in [0.2, 0.25) is 6.10 Å². The summed E-state index contributed by atoms with van der Waals surface area (Å²) in [6.45, 7) is 7.33. The molecule has 2 aromatic rings. The molecule has 2 aromatic carbocycles. The molecule has 0 radical (unpaired) electrons. The summed E-state index contributed by atoms with van der Waals surface area (Å²) in [5.74, 6) is -2.42. The molecule has 1 aliphatic heterocycles. The Bertz CT molecular complexity index is 1200. The Labute approximate surface area is 240 Å². The van der Waals surface area contributed by atoms with Crippen LogP contribution in [-0.2, 0) is 41.6 Å². The lowest BCUT2D eigenvalue weighted by atomic mass is 9.99. The molecule has 1 aliphatic carbocycles. The summed E-state index contributed by atoms with van der Waals surface area (Å²) in [6.07, 6.45) is -1.98. The number of nitrogens with zero attached hydrogens (tertiary/aromatic N) is 2. The number of likely N-dealkylation sites (N-methyl/N-ethyl adjacent to an activating group) is 1. The molecule has 0 spiro atoms. The van der Waals surface area contributed by atoms with E-state index in [2.05, 4.69) is 4.90 Å². The van der Waals surface area contributed by atoms with Crippen molar-refractivity contribution in [3.05, 3.63) is 65.7 Å². The summed E-state index contributed by atoms with van der Waals surface area (Å²) >= 11 is 0. The van der Waals surface area contributed by atoms with Crippen molar-refractivity contribution in [1.29, 1.82) is 0 Å². The zero-order valence-corrected chi connectivity index (χ0v) is 24.1. The monoisotopic (exact) mass is 570 g/mol. The van der Waals surface area contributed by atoms with Gasteiger partial charge >= 0.3 is 18.0 Å². The number of amides is 1. The van der Waals surface area contributed by atoms with E-state index < -0.39 is 41.3 Å². The molecule has 0 N–H and O–H groups in total. The highest BCUT2D eigenvalue weighted by Crippen LogP contribution is 2.56. The zero-order valence-electron chi connectivity index (χ0n) is 24.1. The van der Waals surface area contributed by atoms with Crippen LogP contribution in [-0.4, -0.2) is 80.2 Å². The Morgan fingerprint density at radius 1 is 1.05 bits per heavy atom. The van der Waals surface area contributed by atoms with Gasteiger partial charge in [0.25, 0.3) is 0 Å². The zero-order chi connectivity index (χ0) is 29.6. The van der Waals surface area contributed by atoms with Gasteiger partial charge in [-0.1, -0.05) is 42.5 Å². The molecule has 41 heavy (non-hydrogen) atoms. The van der Waals surface area contributed by atoms with Gasteiger partial charge in [-0.05, 0) is 50.5 Å². The number of carbonyl (C=O) groups is 3. The second-order valence-electron chi connectivity index (χ2n) is 11.0. The van der Waals surface area contributed by atoms with E-state index in [1.54, 1.807) is 6.92 Å². The number of esters is 2. The topological polar surface area (TPSA) is 94.6 Å². The normalized spacial score (nSPS) is 21.0. The molecule has 222 valence electrons. The van der Waals surface area contributed by atoms with Crippen molar-refractivity contribution < 1.29 is 37.7 Å². The first-order valence-corrected chi connectivity index (χ1v) is 14.0. The van der Waals surface area contributed by atoms with E-state index in [0.717, 1.165) is 34.8 Å². The SMILES string of the molecule is CCOC(=O)N(C)C1(C(=O)O[C@H](Cc2ccc(N3CCOCC3)cc2)C(=O)OCc2ccccc2)CC1C(C)(C)F. The minimum atomic E-state index is -1.78. The average molecular weight is 571 g/mol. The van der Waals surface area contributed by atoms with Gasteiger partial charge in [-0.15, -0.1) is 0 Å². The maximum absolute atomic E-state index is 15.1. The molecule has 10 heteroatoms. The van der Waals surface area contributed by atoms with E-state index in [-0.39, 0.29) is 26.1 Å². The van der Waals surface area contributed by atoms with Crippen molar-refractivity contribution >= 4 is 23.7 Å².